The van der Waals surface area contributed by atoms with E-state index in [1.165, 1.54) is 6.07 Å². The Morgan fingerprint density at radius 1 is 1.68 bits per heavy atom. The molecule has 1 aromatic rings. The van der Waals surface area contributed by atoms with Crippen LogP contribution in [0.4, 0.5) is 11.5 Å². The lowest BCUT2D eigenvalue weighted by molar-refractivity contribution is -0.385. The Labute approximate surface area is 111 Å². The van der Waals surface area contributed by atoms with Gasteiger partial charge in [0.05, 0.1) is 4.92 Å². The molecule has 1 heterocycles. The van der Waals surface area contributed by atoms with Crippen molar-refractivity contribution in [1.82, 2.24) is 4.98 Å². The predicted molar refractivity (Wildman–Crippen MR) is 69.6 cm³/mol. The van der Waals surface area contributed by atoms with Crippen LogP contribution in [0.5, 0.6) is 0 Å². The standard InChI is InChI=1S/C12H16N4O3/c1-2-9(3-4-17)7-14-12-10(6-13)5-11(8-15-12)16(18)19/h5,8-9,17H,2-4,7H2,1H3,(H,14,15). The lowest BCUT2D eigenvalue weighted by Crippen LogP contribution is -2.16. The first kappa shape index (κ1) is 14.9. The molecule has 7 nitrogen and oxygen atoms in total. The van der Waals surface area contributed by atoms with Crippen LogP contribution in [-0.2, 0) is 0 Å². The number of nitrogens with zero attached hydrogens (tertiary/aromatic N) is 3. The average Bonchev–Trinajstić information content (AvgIpc) is 2.43. The molecular weight excluding hydrogens is 248 g/mol. The third-order valence-corrected chi connectivity index (χ3v) is 2.88. The van der Waals surface area contributed by atoms with Crippen molar-refractivity contribution in [3.63, 3.8) is 0 Å². The fourth-order valence-corrected chi connectivity index (χ4v) is 1.65. The van der Waals surface area contributed by atoms with E-state index in [9.17, 15) is 10.1 Å². The number of aromatic nitrogens is 1. The maximum absolute atomic E-state index is 10.6. The maximum Gasteiger partial charge on any atom is 0.289 e. The minimum absolute atomic E-state index is 0.110. The van der Waals surface area contributed by atoms with Gasteiger partial charge in [-0.2, -0.15) is 5.26 Å². The van der Waals surface area contributed by atoms with E-state index in [-0.39, 0.29) is 23.8 Å². The van der Waals surface area contributed by atoms with E-state index in [4.69, 9.17) is 10.4 Å². The van der Waals surface area contributed by atoms with Crippen molar-refractivity contribution >= 4 is 11.5 Å². The molecule has 19 heavy (non-hydrogen) atoms. The third-order valence-electron chi connectivity index (χ3n) is 2.88. The second-order valence-electron chi connectivity index (χ2n) is 4.13. The number of pyridine rings is 1. The number of hydrogen-bond donors (Lipinski definition) is 2. The van der Waals surface area contributed by atoms with Crippen molar-refractivity contribution in [2.45, 2.75) is 19.8 Å². The van der Waals surface area contributed by atoms with Gasteiger partial charge in [-0.05, 0) is 12.3 Å². The van der Waals surface area contributed by atoms with Crippen LogP contribution in [0.15, 0.2) is 12.3 Å². The highest BCUT2D eigenvalue weighted by Crippen LogP contribution is 2.19. The molecule has 0 aliphatic heterocycles. The number of nitro groups is 1. The molecule has 1 aromatic heterocycles. The first-order valence-electron chi connectivity index (χ1n) is 6.01. The van der Waals surface area contributed by atoms with Crippen molar-refractivity contribution in [3.05, 3.63) is 27.9 Å². The zero-order chi connectivity index (χ0) is 14.3. The monoisotopic (exact) mass is 264 g/mol. The van der Waals surface area contributed by atoms with Gasteiger partial charge in [-0.1, -0.05) is 13.3 Å². The number of hydrogen-bond acceptors (Lipinski definition) is 6. The van der Waals surface area contributed by atoms with Crippen LogP contribution in [0, 0.1) is 27.4 Å². The van der Waals surface area contributed by atoms with Gasteiger partial charge in [0.15, 0.2) is 0 Å². The van der Waals surface area contributed by atoms with Crippen molar-refractivity contribution in [3.8, 4) is 6.07 Å². The summed E-state index contributed by atoms with van der Waals surface area (Å²) in [5.41, 5.74) is -0.0578. The number of rotatable bonds is 7. The van der Waals surface area contributed by atoms with Gasteiger partial charge in [-0.25, -0.2) is 4.98 Å². The minimum atomic E-state index is -0.585. The van der Waals surface area contributed by atoms with Gasteiger partial charge in [-0.3, -0.25) is 10.1 Å². The summed E-state index contributed by atoms with van der Waals surface area (Å²) in [5, 5.41) is 31.4. The van der Waals surface area contributed by atoms with E-state index in [2.05, 4.69) is 10.3 Å². The van der Waals surface area contributed by atoms with Crippen LogP contribution in [-0.4, -0.2) is 28.2 Å². The molecule has 1 atom stereocenters. The third kappa shape index (κ3) is 4.19. The SMILES string of the molecule is CCC(CCO)CNc1ncc([N+](=O)[O-])cc1C#N. The highest BCUT2D eigenvalue weighted by molar-refractivity contribution is 5.55. The molecule has 1 rings (SSSR count). The Balaban J connectivity index is 2.78. The quantitative estimate of drug-likeness (QED) is 0.572. The second kappa shape index (κ2) is 7.28. The molecule has 0 amide bonds. The Morgan fingerprint density at radius 3 is 2.95 bits per heavy atom. The second-order valence-corrected chi connectivity index (χ2v) is 4.13. The summed E-state index contributed by atoms with van der Waals surface area (Å²) in [6.45, 7) is 2.69. The minimum Gasteiger partial charge on any atom is -0.396 e. The smallest absolute Gasteiger partial charge is 0.289 e. The van der Waals surface area contributed by atoms with Gasteiger partial charge in [0.1, 0.15) is 23.6 Å². The summed E-state index contributed by atoms with van der Waals surface area (Å²) in [6.07, 6.45) is 2.68. The molecule has 1 unspecified atom stereocenters. The van der Waals surface area contributed by atoms with Crippen LogP contribution < -0.4 is 5.32 Å². The van der Waals surface area contributed by atoms with Crippen LogP contribution in [0.2, 0.25) is 0 Å². The molecule has 0 saturated carbocycles. The summed E-state index contributed by atoms with van der Waals surface area (Å²) in [5.74, 6) is 0.609. The van der Waals surface area contributed by atoms with Gasteiger partial charge in [-0.15, -0.1) is 0 Å². The number of anilines is 1. The molecule has 0 fully saturated rings. The maximum atomic E-state index is 10.6. The predicted octanol–water partition coefficient (Wildman–Crippen LogP) is 1.68. The van der Waals surface area contributed by atoms with Gasteiger partial charge in [0, 0.05) is 19.2 Å². The topological polar surface area (TPSA) is 112 Å². The first-order chi connectivity index (χ1) is 9.12. The van der Waals surface area contributed by atoms with Crippen molar-refractivity contribution in [1.29, 1.82) is 5.26 Å². The molecule has 0 aromatic carbocycles. The normalized spacial score (nSPS) is 11.6. The molecule has 0 aliphatic carbocycles. The zero-order valence-electron chi connectivity index (χ0n) is 10.7. The molecule has 0 radical (unpaired) electrons. The Kier molecular flexibility index (Phi) is 5.70. The molecule has 0 aliphatic rings. The Hall–Kier alpha value is -2.20. The summed E-state index contributed by atoms with van der Waals surface area (Å²) in [7, 11) is 0. The molecule has 2 N–H and O–H groups in total. The van der Waals surface area contributed by atoms with E-state index in [0.29, 0.717) is 18.8 Å². The highest BCUT2D eigenvalue weighted by atomic mass is 16.6. The van der Waals surface area contributed by atoms with Crippen molar-refractivity contribution in [2.24, 2.45) is 5.92 Å². The van der Waals surface area contributed by atoms with Crippen LogP contribution in [0.3, 0.4) is 0 Å². The number of aliphatic hydroxyl groups is 1. The van der Waals surface area contributed by atoms with Crippen LogP contribution in [0.25, 0.3) is 0 Å². The molecule has 0 saturated heterocycles. The number of aliphatic hydroxyl groups excluding tert-OH is 1. The molecule has 0 bridgehead atoms. The van der Waals surface area contributed by atoms with E-state index in [1.54, 1.807) is 0 Å². The molecule has 0 spiro atoms. The lowest BCUT2D eigenvalue weighted by Gasteiger charge is -2.15. The molecule has 102 valence electrons. The Morgan fingerprint density at radius 2 is 2.42 bits per heavy atom. The number of nitriles is 1. The van der Waals surface area contributed by atoms with E-state index < -0.39 is 4.92 Å². The van der Waals surface area contributed by atoms with Crippen molar-refractivity contribution < 1.29 is 10.0 Å². The fourth-order valence-electron chi connectivity index (χ4n) is 1.65. The van der Waals surface area contributed by atoms with Gasteiger partial charge in [0.2, 0.25) is 0 Å². The largest absolute Gasteiger partial charge is 0.396 e. The summed E-state index contributed by atoms with van der Waals surface area (Å²) in [6, 6.07) is 3.08. The fraction of sp³-hybridized carbons (Fsp3) is 0.500. The van der Waals surface area contributed by atoms with Crippen LogP contribution >= 0.6 is 0 Å². The van der Waals surface area contributed by atoms with E-state index >= 15 is 0 Å². The highest BCUT2D eigenvalue weighted by Gasteiger charge is 2.13. The molecular formula is C12H16N4O3. The molecule has 7 heteroatoms. The van der Waals surface area contributed by atoms with Gasteiger partial charge < -0.3 is 10.4 Å². The van der Waals surface area contributed by atoms with E-state index in [0.717, 1.165) is 12.6 Å². The summed E-state index contributed by atoms with van der Waals surface area (Å²) >= 11 is 0. The van der Waals surface area contributed by atoms with E-state index in [1.807, 2.05) is 13.0 Å². The summed E-state index contributed by atoms with van der Waals surface area (Å²) < 4.78 is 0. The Bertz CT molecular complexity index is 484. The zero-order valence-corrected chi connectivity index (χ0v) is 10.7. The van der Waals surface area contributed by atoms with Crippen molar-refractivity contribution in [2.75, 3.05) is 18.5 Å². The van der Waals surface area contributed by atoms with Gasteiger partial charge >= 0.3 is 0 Å². The number of nitrogens with one attached hydrogen (secondary N) is 1. The van der Waals surface area contributed by atoms with Gasteiger partial charge in [0.25, 0.3) is 5.69 Å². The summed E-state index contributed by atoms with van der Waals surface area (Å²) in [4.78, 5) is 13.9. The first-order valence-corrected chi connectivity index (χ1v) is 6.01. The average molecular weight is 264 g/mol. The van der Waals surface area contributed by atoms with Crippen LogP contribution in [0.1, 0.15) is 25.3 Å². The lowest BCUT2D eigenvalue weighted by atomic mass is 10.0.